The molecule has 3 nitrogen and oxygen atoms in total. The van der Waals surface area contributed by atoms with E-state index in [4.69, 9.17) is 0 Å². The number of hydrogen-bond donors (Lipinski definition) is 0. The largest absolute Gasteiger partial charge is 1.00 e. The SMILES string of the molecule is O=C([O-])Cc1nc(-c2ccccc2)cs1.[Na+]. The molecule has 5 heteroatoms. The molecule has 1 aromatic heterocycles. The second-order valence-electron chi connectivity index (χ2n) is 3.04. The Labute approximate surface area is 119 Å². The van der Waals surface area contributed by atoms with Crippen molar-refractivity contribution in [3.8, 4) is 11.3 Å². The third-order valence-electron chi connectivity index (χ3n) is 1.92. The Morgan fingerprint density at radius 1 is 1.31 bits per heavy atom. The van der Waals surface area contributed by atoms with Crippen molar-refractivity contribution in [1.82, 2.24) is 4.98 Å². The molecule has 0 unspecified atom stereocenters. The Morgan fingerprint density at radius 2 is 2.00 bits per heavy atom. The number of hydrogen-bond acceptors (Lipinski definition) is 4. The van der Waals surface area contributed by atoms with Gasteiger partial charge >= 0.3 is 29.6 Å². The van der Waals surface area contributed by atoms with Crippen LogP contribution in [-0.4, -0.2) is 11.0 Å². The predicted molar refractivity (Wildman–Crippen MR) is 56.3 cm³/mol. The van der Waals surface area contributed by atoms with Gasteiger partial charge in [-0.3, -0.25) is 0 Å². The predicted octanol–water partition coefficient (Wildman–Crippen LogP) is -1.89. The van der Waals surface area contributed by atoms with Gasteiger partial charge in [-0.2, -0.15) is 0 Å². The van der Waals surface area contributed by atoms with Gasteiger partial charge in [0, 0.05) is 23.3 Å². The second kappa shape index (κ2) is 6.15. The van der Waals surface area contributed by atoms with Crippen LogP contribution in [0.3, 0.4) is 0 Å². The maximum atomic E-state index is 10.4. The number of rotatable bonds is 3. The Kier molecular flexibility index (Phi) is 5.15. The van der Waals surface area contributed by atoms with E-state index in [-0.39, 0.29) is 36.0 Å². The first-order valence-electron chi connectivity index (χ1n) is 4.45. The zero-order valence-electron chi connectivity index (χ0n) is 8.84. The number of carbonyl (C=O) groups excluding carboxylic acids is 1. The number of carboxylic acids is 1. The van der Waals surface area contributed by atoms with Crippen LogP contribution in [0.4, 0.5) is 0 Å². The standard InChI is InChI=1S/C11H9NO2S.Na/c13-11(14)6-10-12-9(7-15-10)8-4-2-1-3-5-8;/h1-5,7H,6H2,(H,13,14);/q;+1/p-1. The summed E-state index contributed by atoms with van der Waals surface area (Å²) in [6.45, 7) is 0. The van der Waals surface area contributed by atoms with Crippen LogP contribution in [0, 0.1) is 0 Å². The molecular formula is C11H8NNaO2S. The molecule has 16 heavy (non-hydrogen) atoms. The second-order valence-corrected chi connectivity index (χ2v) is 3.98. The van der Waals surface area contributed by atoms with Gasteiger partial charge in [0.15, 0.2) is 0 Å². The first-order chi connectivity index (χ1) is 7.25. The maximum absolute atomic E-state index is 10.4. The Morgan fingerprint density at radius 3 is 2.62 bits per heavy atom. The van der Waals surface area contributed by atoms with E-state index in [2.05, 4.69) is 4.98 Å². The van der Waals surface area contributed by atoms with Crippen LogP contribution in [0.5, 0.6) is 0 Å². The summed E-state index contributed by atoms with van der Waals surface area (Å²) in [4.78, 5) is 14.6. The summed E-state index contributed by atoms with van der Waals surface area (Å²) in [6.07, 6.45) is -0.114. The van der Waals surface area contributed by atoms with Gasteiger partial charge in [-0.1, -0.05) is 30.3 Å². The van der Waals surface area contributed by atoms with Crippen LogP contribution < -0.4 is 34.7 Å². The molecule has 0 saturated heterocycles. The van der Waals surface area contributed by atoms with E-state index in [1.54, 1.807) is 0 Å². The monoisotopic (exact) mass is 241 g/mol. The third kappa shape index (κ3) is 3.42. The maximum Gasteiger partial charge on any atom is 1.00 e. The van der Waals surface area contributed by atoms with Gasteiger partial charge in [0.25, 0.3) is 0 Å². The normalized spacial score (nSPS) is 9.50. The van der Waals surface area contributed by atoms with Gasteiger partial charge in [-0.15, -0.1) is 11.3 Å². The molecule has 76 valence electrons. The van der Waals surface area contributed by atoms with Crippen molar-refractivity contribution in [3.05, 3.63) is 40.7 Å². The molecule has 0 spiro atoms. The Balaban J connectivity index is 0.00000128. The molecule has 2 aromatic rings. The van der Waals surface area contributed by atoms with Gasteiger partial charge in [-0.05, 0) is 0 Å². The molecule has 0 aliphatic heterocycles. The Hall–Kier alpha value is -0.680. The summed E-state index contributed by atoms with van der Waals surface area (Å²) in [5.74, 6) is -1.09. The first kappa shape index (κ1) is 13.4. The number of carbonyl (C=O) groups is 1. The minimum absolute atomic E-state index is 0. The topological polar surface area (TPSA) is 53.0 Å². The average molecular weight is 241 g/mol. The van der Waals surface area contributed by atoms with E-state index in [0.29, 0.717) is 5.01 Å². The molecule has 0 amide bonds. The number of aliphatic carboxylic acids is 1. The third-order valence-corrected chi connectivity index (χ3v) is 2.77. The molecule has 0 N–H and O–H groups in total. The summed E-state index contributed by atoms with van der Waals surface area (Å²) in [5.41, 5.74) is 1.81. The number of thiazole rings is 1. The zero-order valence-corrected chi connectivity index (χ0v) is 11.7. The summed E-state index contributed by atoms with van der Waals surface area (Å²) in [6, 6.07) is 9.66. The summed E-state index contributed by atoms with van der Waals surface area (Å²) in [7, 11) is 0. The molecule has 1 heterocycles. The fraction of sp³-hybridized carbons (Fsp3) is 0.0909. The van der Waals surface area contributed by atoms with Gasteiger partial charge in [0.1, 0.15) is 0 Å². The van der Waals surface area contributed by atoms with E-state index in [0.717, 1.165) is 11.3 Å². The van der Waals surface area contributed by atoms with E-state index in [1.807, 2.05) is 35.7 Å². The minimum atomic E-state index is -1.09. The summed E-state index contributed by atoms with van der Waals surface area (Å²) >= 11 is 1.34. The van der Waals surface area contributed by atoms with Crippen LogP contribution in [0.15, 0.2) is 35.7 Å². The van der Waals surface area contributed by atoms with Gasteiger partial charge < -0.3 is 9.90 Å². The molecule has 2 rings (SSSR count). The van der Waals surface area contributed by atoms with Gasteiger partial charge in [0.2, 0.25) is 0 Å². The molecule has 0 atom stereocenters. The van der Waals surface area contributed by atoms with Crippen molar-refractivity contribution in [1.29, 1.82) is 0 Å². The number of nitrogens with zero attached hydrogens (tertiary/aromatic N) is 1. The van der Waals surface area contributed by atoms with Crippen LogP contribution in [0.25, 0.3) is 11.3 Å². The summed E-state index contributed by atoms with van der Waals surface area (Å²) < 4.78 is 0. The van der Waals surface area contributed by atoms with Crippen molar-refractivity contribution in [2.24, 2.45) is 0 Å². The fourth-order valence-electron chi connectivity index (χ4n) is 1.26. The smallest absolute Gasteiger partial charge is 0.550 e. The molecule has 1 aromatic carbocycles. The fourth-order valence-corrected chi connectivity index (χ4v) is 2.05. The van der Waals surface area contributed by atoms with Gasteiger partial charge in [-0.25, -0.2) is 4.98 Å². The van der Waals surface area contributed by atoms with E-state index < -0.39 is 5.97 Å². The van der Waals surface area contributed by atoms with Crippen molar-refractivity contribution in [2.45, 2.75) is 6.42 Å². The van der Waals surface area contributed by atoms with Crippen LogP contribution in [-0.2, 0) is 11.2 Å². The van der Waals surface area contributed by atoms with E-state index >= 15 is 0 Å². The van der Waals surface area contributed by atoms with Crippen molar-refractivity contribution in [2.75, 3.05) is 0 Å². The van der Waals surface area contributed by atoms with Crippen molar-refractivity contribution < 1.29 is 39.5 Å². The molecule has 0 aliphatic carbocycles. The van der Waals surface area contributed by atoms with E-state index in [9.17, 15) is 9.90 Å². The van der Waals surface area contributed by atoms with Crippen LogP contribution >= 0.6 is 11.3 Å². The molecule has 0 radical (unpaired) electrons. The van der Waals surface area contributed by atoms with Gasteiger partial charge in [0.05, 0.1) is 10.7 Å². The molecular weight excluding hydrogens is 233 g/mol. The van der Waals surface area contributed by atoms with Crippen molar-refractivity contribution >= 4 is 17.3 Å². The molecule has 0 saturated carbocycles. The number of benzene rings is 1. The van der Waals surface area contributed by atoms with E-state index in [1.165, 1.54) is 11.3 Å². The number of aromatic nitrogens is 1. The summed E-state index contributed by atoms with van der Waals surface area (Å²) in [5, 5.41) is 12.8. The molecule has 0 aliphatic rings. The van der Waals surface area contributed by atoms with Crippen LogP contribution in [0.1, 0.15) is 5.01 Å². The quantitative estimate of drug-likeness (QED) is 0.590. The first-order valence-corrected chi connectivity index (χ1v) is 5.33. The Bertz CT molecular complexity index is 470. The molecule has 0 bridgehead atoms. The minimum Gasteiger partial charge on any atom is -0.550 e. The average Bonchev–Trinajstić information content (AvgIpc) is 2.67. The van der Waals surface area contributed by atoms with Crippen LogP contribution in [0.2, 0.25) is 0 Å². The zero-order chi connectivity index (χ0) is 10.7. The molecule has 0 fully saturated rings. The number of carboxylic acid groups (broad SMARTS) is 1. The van der Waals surface area contributed by atoms with Crippen molar-refractivity contribution in [3.63, 3.8) is 0 Å².